The maximum Gasteiger partial charge on any atom is 0.407 e. The number of nitrogens with one attached hydrogen (secondary N) is 1. The average Bonchev–Trinajstić information content (AvgIpc) is 2.64. The molecule has 0 radical (unpaired) electrons. The molecule has 22 heavy (non-hydrogen) atoms. The molecular formula is C15H26N2O4S. The summed E-state index contributed by atoms with van der Waals surface area (Å²) in [6.07, 6.45) is -0.00488. The number of nitrogens with zero attached hydrogens (tertiary/aromatic N) is 1. The Balaban J connectivity index is 2.38. The van der Waals surface area contributed by atoms with Crippen LogP contribution in [0.2, 0.25) is 0 Å². The van der Waals surface area contributed by atoms with Gasteiger partial charge in [-0.3, -0.25) is 9.59 Å². The van der Waals surface area contributed by atoms with Gasteiger partial charge in [0.25, 0.3) is 0 Å². The molecule has 1 fully saturated rings. The van der Waals surface area contributed by atoms with Crippen LogP contribution >= 0.6 is 11.8 Å². The largest absolute Gasteiger partial charge is 0.444 e. The molecule has 126 valence electrons. The van der Waals surface area contributed by atoms with Gasteiger partial charge in [0.15, 0.2) is 5.12 Å². The summed E-state index contributed by atoms with van der Waals surface area (Å²) in [4.78, 5) is 36.4. The van der Waals surface area contributed by atoms with Gasteiger partial charge in [-0.15, -0.1) is 0 Å². The number of rotatable bonds is 5. The van der Waals surface area contributed by atoms with Crippen LogP contribution in [0.4, 0.5) is 4.79 Å². The van der Waals surface area contributed by atoms with Gasteiger partial charge in [0.1, 0.15) is 5.60 Å². The van der Waals surface area contributed by atoms with Gasteiger partial charge in [0.05, 0.1) is 0 Å². The maximum absolute atomic E-state index is 12.0. The highest BCUT2D eigenvalue weighted by atomic mass is 32.2. The molecule has 0 bridgehead atoms. The predicted molar refractivity (Wildman–Crippen MR) is 86.7 cm³/mol. The van der Waals surface area contributed by atoms with Crippen LogP contribution in [0.1, 0.15) is 41.0 Å². The number of hydrogen-bond donors (Lipinski definition) is 1. The fraction of sp³-hybridized carbons (Fsp3) is 0.800. The van der Waals surface area contributed by atoms with Crippen LogP contribution in [0.25, 0.3) is 0 Å². The van der Waals surface area contributed by atoms with E-state index in [0.29, 0.717) is 25.3 Å². The average molecular weight is 330 g/mol. The third-order valence-electron chi connectivity index (χ3n) is 3.07. The first kappa shape index (κ1) is 18.8. The van der Waals surface area contributed by atoms with Crippen molar-refractivity contribution in [2.75, 3.05) is 18.8 Å². The van der Waals surface area contributed by atoms with Gasteiger partial charge in [-0.05, 0) is 33.6 Å². The van der Waals surface area contributed by atoms with Crippen LogP contribution in [0.15, 0.2) is 0 Å². The van der Waals surface area contributed by atoms with Crippen molar-refractivity contribution in [1.82, 2.24) is 10.2 Å². The van der Waals surface area contributed by atoms with Crippen molar-refractivity contribution in [2.24, 2.45) is 5.92 Å². The van der Waals surface area contributed by atoms with E-state index in [-0.39, 0.29) is 23.0 Å². The number of thioether (sulfide) groups is 1. The summed E-state index contributed by atoms with van der Waals surface area (Å²) in [6, 6.07) is -0.182. The van der Waals surface area contributed by atoms with E-state index in [2.05, 4.69) is 5.32 Å². The number of hydrogen-bond acceptors (Lipinski definition) is 5. The van der Waals surface area contributed by atoms with Crippen molar-refractivity contribution in [3.05, 3.63) is 0 Å². The lowest BCUT2D eigenvalue weighted by atomic mass is 10.1. The van der Waals surface area contributed by atoms with Crippen molar-refractivity contribution in [1.29, 1.82) is 0 Å². The monoisotopic (exact) mass is 330 g/mol. The third kappa shape index (κ3) is 7.15. The van der Waals surface area contributed by atoms with Crippen LogP contribution < -0.4 is 5.32 Å². The molecule has 1 aliphatic heterocycles. The topological polar surface area (TPSA) is 75.7 Å². The number of ether oxygens (including phenoxy) is 1. The number of carbonyl (C=O) groups is 3. The van der Waals surface area contributed by atoms with Gasteiger partial charge in [-0.2, -0.15) is 0 Å². The summed E-state index contributed by atoms with van der Waals surface area (Å²) in [5.41, 5.74) is -0.539. The van der Waals surface area contributed by atoms with E-state index < -0.39 is 11.7 Å². The molecule has 7 heteroatoms. The number of likely N-dealkylation sites (tertiary alicyclic amines) is 1. The fourth-order valence-electron chi connectivity index (χ4n) is 2.26. The molecule has 6 nitrogen and oxygen atoms in total. The smallest absolute Gasteiger partial charge is 0.407 e. The van der Waals surface area contributed by atoms with Crippen molar-refractivity contribution in [3.8, 4) is 0 Å². The first-order valence-electron chi connectivity index (χ1n) is 7.47. The first-order valence-corrected chi connectivity index (χ1v) is 8.46. The van der Waals surface area contributed by atoms with Gasteiger partial charge >= 0.3 is 6.09 Å². The fourth-order valence-corrected chi connectivity index (χ4v) is 2.96. The molecule has 2 amide bonds. The van der Waals surface area contributed by atoms with Gasteiger partial charge < -0.3 is 15.0 Å². The predicted octanol–water partition coefficient (Wildman–Crippen LogP) is 2.03. The zero-order chi connectivity index (χ0) is 16.9. The Hall–Kier alpha value is -1.24. The van der Waals surface area contributed by atoms with Gasteiger partial charge in [0, 0.05) is 38.2 Å². The molecule has 2 unspecified atom stereocenters. The summed E-state index contributed by atoms with van der Waals surface area (Å²) >= 11 is 1.26. The zero-order valence-electron chi connectivity index (χ0n) is 14.0. The summed E-state index contributed by atoms with van der Waals surface area (Å²) in [5.74, 6) is 0.952. The van der Waals surface area contributed by atoms with Crippen LogP contribution in [0.3, 0.4) is 0 Å². The molecule has 2 atom stereocenters. The van der Waals surface area contributed by atoms with Crippen molar-refractivity contribution >= 4 is 28.9 Å². The molecule has 0 spiro atoms. The molecule has 0 aromatic carbocycles. The van der Waals surface area contributed by atoms with E-state index in [0.717, 1.165) is 0 Å². The maximum atomic E-state index is 12.0. The Morgan fingerprint density at radius 1 is 1.45 bits per heavy atom. The second-order valence-electron chi connectivity index (χ2n) is 6.72. The minimum absolute atomic E-state index is 0.0749. The number of carbonyl (C=O) groups excluding carboxylic acids is 3. The van der Waals surface area contributed by atoms with E-state index in [1.165, 1.54) is 18.7 Å². The molecule has 1 rings (SSSR count). The van der Waals surface area contributed by atoms with E-state index in [1.807, 2.05) is 6.92 Å². The first-order chi connectivity index (χ1) is 10.1. The minimum atomic E-state index is -0.539. The molecule has 0 aromatic rings. The third-order valence-corrected chi connectivity index (χ3v) is 4.12. The van der Waals surface area contributed by atoms with Crippen molar-refractivity contribution < 1.29 is 19.1 Å². The Morgan fingerprint density at radius 2 is 2.09 bits per heavy atom. The standard InChI is InChI=1S/C15H26N2O4S/c1-10(16-14(20)21-15(3,4)5)7-17-8-12(6-13(17)19)9-22-11(2)18/h10,12H,6-9H2,1-5H3,(H,16,20). The second kappa shape index (κ2) is 7.85. The lowest BCUT2D eigenvalue weighted by Crippen LogP contribution is -2.44. The Bertz CT molecular complexity index is 434. The molecule has 1 aliphatic rings. The van der Waals surface area contributed by atoms with E-state index in [1.54, 1.807) is 25.7 Å². The molecule has 0 aliphatic carbocycles. The van der Waals surface area contributed by atoms with E-state index >= 15 is 0 Å². The molecule has 0 aromatic heterocycles. The quantitative estimate of drug-likeness (QED) is 0.835. The molecule has 1 saturated heterocycles. The molecule has 1 N–H and O–H groups in total. The summed E-state index contributed by atoms with van der Waals surface area (Å²) < 4.78 is 5.19. The van der Waals surface area contributed by atoms with Crippen molar-refractivity contribution in [3.63, 3.8) is 0 Å². The lowest BCUT2D eigenvalue weighted by Gasteiger charge is -2.25. The minimum Gasteiger partial charge on any atom is -0.444 e. The summed E-state index contributed by atoms with van der Waals surface area (Å²) in [5, 5.41) is 2.81. The van der Waals surface area contributed by atoms with Gasteiger partial charge in [0.2, 0.25) is 5.91 Å². The zero-order valence-corrected chi connectivity index (χ0v) is 14.8. The van der Waals surface area contributed by atoms with E-state index in [4.69, 9.17) is 4.74 Å². The highest BCUT2D eigenvalue weighted by Gasteiger charge is 2.31. The number of amides is 2. The Morgan fingerprint density at radius 3 is 2.64 bits per heavy atom. The van der Waals surface area contributed by atoms with Crippen molar-refractivity contribution in [2.45, 2.75) is 52.7 Å². The van der Waals surface area contributed by atoms with Crippen LogP contribution in [-0.4, -0.2) is 52.5 Å². The molecule has 0 saturated carbocycles. The Labute approximate surface area is 136 Å². The summed E-state index contributed by atoms with van der Waals surface area (Å²) in [7, 11) is 0. The summed E-state index contributed by atoms with van der Waals surface area (Å²) in [6.45, 7) is 9.88. The normalized spacial score (nSPS) is 20.0. The van der Waals surface area contributed by atoms with Gasteiger partial charge in [-0.25, -0.2) is 4.79 Å². The van der Waals surface area contributed by atoms with Gasteiger partial charge in [-0.1, -0.05) is 11.8 Å². The highest BCUT2D eigenvalue weighted by Crippen LogP contribution is 2.22. The lowest BCUT2D eigenvalue weighted by molar-refractivity contribution is -0.128. The van der Waals surface area contributed by atoms with E-state index in [9.17, 15) is 14.4 Å². The van der Waals surface area contributed by atoms with Crippen LogP contribution in [-0.2, 0) is 14.3 Å². The number of alkyl carbamates (subject to hydrolysis) is 1. The Kier molecular flexibility index (Phi) is 6.71. The SMILES string of the molecule is CC(=O)SCC1CC(=O)N(CC(C)NC(=O)OC(C)(C)C)C1. The highest BCUT2D eigenvalue weighted by molar-refractivity contribution is 8.13. The van der Waals surface area contributed by atoms with Crippen LogP contribution in [0, 0.1) is 5.92 Å². The second-order valence-corrected chi connectivity index (χ2v) is 7.92. The molecular weight excluding hydrogens is 304 g/mol. The molecule has 1 heterocycles. The van der Waals surface area contributed by atoms with Crippen LogP contribution in [0.5, 0.6) is 0 Å².